The largest absolute Gasteiger partial charge is 0.472 e. The lowest BCUT2D eigenvalue weighted by molar-refractivity contribution is -0.296. The summed E-state index contributed by atoms with van der Waals surface area (Å²) in [4.78, 5) is 129. The van der Waals surface area contributed by atoms with E-state index in [9.17, 15) is 73.1 Å². The van der Waals surface area contributed by atoms with E-state index in [-0.39, 0.29) is 38.5 Å². The van der Waals surface area contributed by atoms with Crippen molar-refractivity contribution in [3.05, 3.63) is 12.2 Å². The van der Waals surface area contributed by atoms with Crippen molar-refractivity contribution in [2.75, 3.05) is 13.2 Å². The Morgan fingerprint density at radius 1 is 0.341 bits per heavy atom. The summed E-state index contributed by atoms with van der Waals surface area (Å²) >= 11 is 0. The molecule has 2 heterocycles. The Hall–Kier alpha value is -3.50. The van der Waals surface area contributed by atoms with Gasteiger partial charge in [0.25, 0.3) is 0 Å². The van der Waals surface area contributed by atoms with Gasteiger partial charge in [0.2, 0.25) is 11.8 Å². The van der Waals surface area contributed by atoms with E-state index in [2.05, 4.69) is 64.3 Å². The van der Waals surface area contributed by atoms with Crippen molar-refractivity contribution in [2.45, 2.75) is 577 Å². The average Bonchev–Trinajstić information content (AvgIpc) is 0.777. The normalized spacial score (nSPS) is 20.0. The van der Waals surface area contributed by atoms with Crippen LogP contribution in [0.25, 0.3) is 0 Å². The predicted octanol–water partition coefficient (Wildman–Crippen LogP) is 22.7. The molecule has 758 valence electrons. The van der Waals surface area contributed by atoms with Gasteiger partial charge < -0.3 is 83.8 Å². The number of carbonyl (C=O) groups excluding carboxylic acids is 6. The van der Waals surface area contributed by atoms with Crippen molar-refractivity contribution in [3.63, 3.8) is 0 Å². The summed E-state index contributed by atoms with van der Waals surface area (Å²) in [6.45, 7) is 10.9. The maximum atomic E-state index is 15.1. The summed E-state index contributed by atoms with van der Waals surface area (Å²) in [6.07, 6.45) is 43.3. The molecule has 27 nitrogen and oxygen atoms in total. The zero-order valence-corrected chi connectivity index (χ0v) is 83.4. The number of ether oxygens (including phenoxy) is 7. The summed E-state index contributed by atoms with van der Waals surface area (Å²) in [5.41, 5.74) is 0. The number of nitrogens with one attached hydrogen (secondary N) is 2. The molecule has 29 heteroatoms. The Morgan fingerprint density at radius 2 is 0.628 bits per heavy atom. The van der Waals surface area contributed by atoms with Crippen LogP contribution in [-0.2, 0) is 80.1 Å². The van der Waals surface area contributed by atoms with Crippen molar-refractivity contribution >= 4 is 51.3 Å². The van der Waals surface area contributed by atoms with Crippen LogP contribution in [0, 0.1) is 0 Å². The van der Waals surface area contributed by atoms with E-state index in [0.717, 1.165) is 250 Å². The molecule has 0 saturated carbocycles. The summed E-state index contributed by atoms with van der Waals surface area (Å²) in [7, 11) is -11.4. The van der Waals surface area contributed by atoms with Gasteiger partial charge in [0, 0.05) is 12.8 Å². The van der Waals surface area contributed by atoms with Crippen molar-refractivity contribution < 1.29 is 120 Å². The number of rotatable bonds is 89. The fraction of sp³-hybridized carbons (Fsp3) is 0.920. The molecule has 129 heavy (non-hydrogen) atoms. The lowest BCUT2D eigenvalue weighted by Gasteiger charge is -2.47. The first kappa shape index (κ1) is 122. The number of carbonyl (C=O) groups is 6. The lowest BCUT2D eigenvalue weighted by atomic mass is 9.95. The molecule has 0 bridgehead atoms. The Morgan fingerprint density at radius 3 is 0.961 bits per heavy atom. The fourth-order valence-corrected chi connectivity index (χ4v) is 18.4. The highest BCUT2D eigenvalue weighted by Gasteiger charge is 2.55. The van der Waals surface area contributed by atoms with Crippen LogP contribution in [0.4, 0.5) is 0 Å². The monoisotopic (exact) mass is 1880 g/mol. The molecule has 14 atom stereocenters. The second-order valence-electron chi connectivity index (χ2n) is 37.3. The first-order valence-corrected chi connectivity index (χ1v) is 55.4. The molecule has 2 rings (SSSR count). The molecule has 2 aliphatic heterocycles. The minimum atomic E-state index is -5.72. The van der Waals surface area contributed by atoms with E-state index >= 15 is 4.79 Å². The first-order chi connectivity index (χ1) is 62.3. The third-order valence-electron chi connectivity index (χ3n) is 25.0. The van der Waals surface area contributed by atoms with Crippen LogP contribution in [-0.4, -0.2) is 175 Å². The molecule has 2 amide bonds. The lowest BCUT2D eigenvalue weighted by Crippen LogP contribution is -2.68. The van der Waals surface area contributed by atoms with Crippen LogP contribution in [0.1, 0.15) is 491 Å². The third kappa shape index (κ3) is 66.6. The topological polar surface area (TPSA) is 406 Å². The first-order valence-electron chi connectivity index (χ1n) is 52.4. The van der Waals surface area contributed by atoms with Gasteiger partial charge in [-0.2, -0.15) is 0 Å². The van der Waals surface area contributed by atoms with Crippen LogP contribution in [0.3, 0.4) is 0 Å². The number of phosphoric acid groups is 2. The summed E-state index contributed by atoms with van der Waals surface area (Å²) in [5, 5.41) is 52.0. The Balaban J connectivity index is 2.78. The summed E-state index contributed by atoms with van der Waals surface area (Å²) in [6, 6.07) is -3.88. The predicted molar refractivity (Wildman–Crippen MR) is 508 cm³/mol. The van der Waals surface area contributed by atoms with E-state index in [1.807, 2.05) is 0 Å². The van der Waals surface area contributed by atoms with Gasteiger partial charge in [-0.25, -0.2) is 9.13 Å². The highest BCUT2D eigenvalue weighted by atomic mass is 31.2. The second kappa shape index (κ2) is 80.6. The second-order valence-corrected chi connectivity index (χ2v) is 39.7. The van der Waals surface area contributed by atoms with Crippen molar-refractivity contribution in [3.8, 4) is 0 Å². The third-order valence-corrected chi connectivity index (χ3v) is 26.0. The molecule has 0 radical (unpaired) electrons. The molecular formula is C100H188N2O25P2. The number of allylic oxidation sites excluding steroid dienone is 2. The van der Waals surface area contributed by atoms with Crippen LogP contribution in [0.5, 0.6) is 0 Å². The molecule has 10 N–H and O–H groups in total. The number of unbranched alkanes of at least 4 members (excludes halogenated alkanes) is 53. The van der Waals surface area contributed by atoms with Gasteiger partial charge in [-0.15, -0.1) is 0 Å². The van der Waals surface area contributed by atoms with Gasteiger partial charge in [0.05, 0.1) is 51.1 Å². The van der Waals surface area contributed by atoms with Gasteiger partial charge in [0.15, 0.2) is 24.8 Å². The number of aliphatic hydroxyl groups excluding tert-OH is 4. The number of esters is 4. The van der Waals surface area contributed by atoms with E-state index < -0.39 is 176 Å². The van der Waals surface area contributed by atoms with Gasteiger partial charge >= 0.3 is 39.5 Å². The minimum absolute atomic E-state index is 0.0766. The number of hydrogen-bond donors (Lipinski definition) is 10. The van der Waals surface area contributed by atoms with E-state index in [1.165, 1.54) is 96.3 Å². The molecule has 2 aliphatic rings. The van der Waals surface area contributed by atoms with E-state index in [1.54, 1.807) is 0 Å². The van der Waals surface area contributed by atoms with Gasteiger partial charge in [-0.1, -0.05) is 388 Å². The van der Waals surface area contributed by atoms with Crippen LogP contribution >= 0.6 is 15.6 Å². The molecular weight excluding hydrogens is 1690 g/mol. The quantitative estimate of drug-likeness (QED) is 0.00889. The van der Waals surface area contributed by atoms with Gasteiger partial charge in [-0.05, 0) is 77.0 Å². The smallest absolute Gasteiger partial charge is 0.462 e. The molecule has 0 aromatic carbocycles. The minimum Gasteiger partial charge on any atom is -0.462 e. The SMILES string of the molecule is CCCCCC/C=C\CCCCCCCC(=O)OC(CCCCCCCCCCC)CC(=O)NC1[C@H](OCC2OC(OP(=O)(O)O)C(NC(=O)CC(CCCCCCCCCCC)OC(=O)CCCCCCCCCCCCCCC)[C@@H](OC(=O)CC(O)CCCCCCCCCCC)[C@@H]2O)OC(CO)[C@@H](OP(=O)(O)O)[C@@H]1OC(=O)CC(O)CCCCCCCCCCC. The van der Waals surface area contributed by atoms with Crippen molar-refractivity contribution in [2.24, 2.45) is 0 Å². The maximum Gasteiger partial charge on any atom is 0.472 e. The van der Waals surface area contributed by atoms with Crippen LogP contribution in [0.15, 0.2) is 12.2 Å². The van der Waals surface area contributed by atoms with Gasteiger partial charge in [0.1, 0.15) is 48.7 Å². The number of amides is 2. The fourth-order valence-electron chi connectivity index (χ4n) is 17.3. The Kier molecular flexibility index (Phi) is 75.9. The Bertz CT molecular complexity index is 2870. The number of hydrogen-bond acceptors (Lipinski definition) is 21. The molecule has 2 saturated heterocycles. The molecule has 0 spiro atoms. The zero-order chi connectivity index (χ0) is 94.7. The average molecular weight is 1880 g/mol. The molecule has 9 unspecified atom stereocenters. The Labute approximate surface area is 780 Å². The van der Waals surface area contributed by atoms with Gasteiger partial charge in [-0.3, -0.25) is 37.8 Å². The summed E-state index contributed by atoms with van der Waals surface area (Å²) in [5.74, 6) is -5.02. The molecule has 0 aromatic rings. The maximum absolute atomic E-state index is 15.1. The van der Waals surface area contributed by atoms with Crippen molar-refractivity contribution in [1.29, 1.82) is 0 Å². The summed E-state index contributed by atoms with van der Waals surface area (Å²) < 4.78 is 80.1. The van der Waals surface area contributed by atoms with Crippen LogP contribution < -0.4 is 10.6 Å². The van der Waals surface area contributed by atoms with E-state index in [0.29, 0.717) is 38.5 Å². The number of phosphoric ester groups is 2. The highest BCUT2D eigenvalue weighted by molar-refractivity contribution is 7.46. The van der Waals surface area contributed by atoms with Crippen molar-refractivity contribution in [1.82, 2.24) is 10.6 Å². The molecule has 0 aliphatic carbocycles. The van der Waals surface area contributed by atoms with Crippen LogP contribution in [0.2, 0.25) is 0 Å². The highest BCUT2D eigenvalue weighted by Crippen LogP contribution is 2.44. The molecule has 2 fully saturated rings. The standard InChI is InChI=1S/C100H188N2O25P2/c1-7-13-19-25-31-37-39-41-43-49-55-61-67-73-89(108)120-83(71-65-59-53-47-35-29-23-17-11-5)77-87(106)101-93-97(124-91(110)75-81(104)69-63-57-51-45-33-27-21-15-9-3)95(112)86(123-100(93)127-129(116,117)118)80-119-99-94(98(96(85(79-103)122-99)126-128(113,114)115)125-92(111)76-82(105)70-64-58-52-46-34-28-22-16-10-4)102-88(107)78-84(72-66-60-54-48-36-30-24-18-12-6)121-90(109)74-68-62-56-50-44-42-40-38-32-26-20-14-8-2/h38,40,81-86,93-100,103-105,112H,7-37,39,41-80H2,1-6H3,(H,101,106)(H,102,107)(H2,113,114,115)(H2,116,117,118)/b40-38-/t81?,82?,83?,84?,85?,86?,93?,94?,95-,96-,97-,98-,99-,100?/m1/s1. The number of aliphatic hydroxyl groups is 4. The zero-order valence-electron chi connectivity index (χ0n) is 81.6. The molecule has 0 aromatic heterocycles. The van der Waals surface area contributed by atoms with E-state index in [4.69, 9.17) is 42.2 Å².